The lowest BCUT2D eigenvalue weighted by molar-refractivity contribution is -0.135. The number of aliphatic hydroxyl groups excluding tert-OH is 2. The molecule has 1 fully saturated rings. The summed E-state index contributed by atoms with van der Waals surface area (Å²) in [5, 5.41) is 26.1. The highest BCUT2D eigenvalue weighted by atomic mass is 16.5. The molecule has 0 aliphatic carbocycles. The van der Waals surface area contributed by atoms with Crippen molar-refractivity contribution in [3.8, 4) is 5.75 Å². The number of aliphatic hydroxyl groups is 2. The third-order valence-corrected chi connectivity index (χ3v) is 7.28. The number of rotatable bonds is 1. The number of carbonyl (C=O) groups is 2. The molecule has 1 spiro atoms. The lowest BCUT2D eigenvalue weighted by Gasteiger charge is -2.45. The minimum atomic E-state index is -0.961. The average Bonchev–Trinajstić information content (AvgIpc) is 3.15. The van der Waals surface area contributed by atoms with E-state index in [1.807, 2.05) is 32.2 Å². The van der Waals surface area contributed by atoms with E-state index in [0.717, 1.165) is 11.3 Å². The van der Waals surface area contributed by atoms with Gasteiger partial charge < -0.3 is 24.7 Å². The van der Waals surface area contributed by atoms with Gasteiger partial charge >= 0.3 is 0 Å². The van der Waals surface area contributed by atoms with Crippen LogP contribution in [0.5, 0.6) is 5.75 Å². The third kappa shape index (κ3) is 5.10. The van der Waals surface area contributed by atoms with E-state index in [1.165, 1.54) is 0 Å². The number of aromatic nitrogens is 2. The lowest BCUT2D eigenvalue weighted by Crippen LogP contribution is -2.51. The molecule has 1 aromatic carbocycles. The molecule has 2 N–H and O–H groups in total. The molecule has 0 unspecified atom stereocenters. The maximum absolute atomic E-state index is 13.0. The Morgan fingerprint density at radius 2 is 1.85 bits per heavy atom. The Hall–Kier alpha value is -2.91. The molecule has 2 aliphatic heterocycles. The molecule has 2 atom stereocenters. The molecule has 2 aromatic rings. The van der Waals surface area contributed by atoms with Crippen LogP contribution in [0.2, 0.25) is 0 Å². The quantitative estimate of drug-likeness (QED) is 0.648. The number of aryl methyl sites for hydroxylation is 2. The number of piperidine rings is 1. The molecule has 9 heteroatoms. The first-order valence-electron chi connectivity index (χ1n) is 11.8. The Balaban J connectivity index is 1.52. The van der Waals surface area contributed by atoms with Gasteiger partial charge in [-0.2, -0.15) is 5.10 Å². The highest BCUT2D eigenvalue weighted by molar-refractivity contribution is 5.92. The van der Waals surface area contributed by atoms with Crippen LogP contribution in [0, 0.1) is 12.3 Å². The zero-order chi connectivity index (χ0) is 24.5. The minimum absolute atomic E-state index is 0.0914. The van der Waals surface area contributed by atoms with E-state index >= 15 is 0 Å². The van der Waals surface area contributed by atoms with Crippen LogP contribution in [0.3, 0.4) is 0 Å². The molecular weight excluding hydrogens is 436 g/mol. The van der Waals surface area contributed by atoms with Gasteiger partial charge in [-0.3, -0.25) is 14.3 Å². The maximum atomic E-state index is 13.0. The van der Waals surface area contributed by atoms with Crippen LogP contribution in [0.4, 0.5) is 0 Å². The summed E-state index contributed by atoms with van der Waals surface area (Å²) < 4.78 is 7.45. The second-order valence-electron chi connectivity index (χ2n) is 9.78. The largest absolute Gasteiger partial charge is 0.483 e. The number of fused-ring (bicyclic) bond motifs is 1. The normalized spacial score (nSPS) is 23.6. The number of para-hydroxylation sites is 1. The van der Waals surface area contributed by atoms with Gasteiger partial charge in [0, 0.05) is 45.8 Å². The second-order valence-corrected chi connectivity index (χ2v) is 9.78. The van der Waals surface area contributed by atoms with Crippen molar-refractivity contribution >= 4 is 11.8 Å². The summed E-state index contributed by atoms with van der Waals surface area (Å²) in [5.74, 6) is 0.288. The smallest absolute Gasteiger partial charge is 0.274 e. The van der Waals surface area contributed by atoms with Crippen molar-refractivity contribution in [2.24, 2.45) is 12.5 Å². The maximum Gasteiger partial charge on any atom is 0.274 e. The van der Waals surface area contributed by atoms with Gasteiger partial charge in [0.1, 0.15) is 5.75 Å². The van der Waals surface area contributed by atoms with Crippen LogP contribution < -0.4 is 4.74 Å². The van der Waals surface area contributed by atoms with E-state index in [-0.39, 0.29) is 24.8 Å². The first-order chi connectivity index (χ1) is 16.2. The Morgan fingerprint density at radius 1 is 1.15 bits per heavy atom. The number of nitrogens with zero attached hydrogens (tertiary/aromatic N) is 4. The number of amides is 2. The Bertz CT molecular complexity index is 1020. The summed E-state index contributed by atoms with van der Waals surface area (Å²) >= 11 is 0. The molecule has 9 nitrogen and oxygen atoms in total. The van der Waals surface area contributed by atoms with Crippen LogP contribution in [0.1, 0.15) is 41.0 Å². The molecule has 4 rings (SSSR count). The van der Waals surface area contributed by atoms with Gasteiger partial charge in [0.15, 0.2) is 12.3 Å². The van der Waals surface area contributed by atoms with Crippen molar-refractivity contribution in [2.45, 2.75) is 44.8 Å². The number of carbonyl (C=O) groups excluding carboxylic acids is 2. The SMILES string of the molecule is Cc1cc(C(=O)N2CCC3(CC2)C[C@@H](O)[C@@H](O)Cc2ccccc2OCC(=O)N(C)C3)nn1C. The van der Waals surface area contributed by atoms with E-state index in [0.29, 0.717) is 50.3 Å². The van der Waals surface area contributed by atoms with Gasteiger partial charge in [0.2, 0.25) is 0 Å². The fraction of sp³-hybridized carbons (Fsp3) is 0.560. The number of hydrogen-bond donors (Lipinski definition) is 2. The number of benzene rings is 1. The van der Waals surface area contributed by atoms with Crippen molar-refractivity contribution in [2.75, 3.05) is 33.3 Å². The Morgan fingerprint density at radius 3 is 2.53 bits per heavy atom. The second kappa shape index (κ2) is 9.76. The van der Waals surface area contributed by atoms with Crippen molar-refractivity contribution in [3.05, 3.63) is 47.3 Å². The van der Waals surface area contributed by atoms with Gasteiger partial charge in [0.05, 0.1) is 12.2 Å². The monoisotopic (exact) mass is 470 g/mol. The summed E-state index contributed by atoms with van der Waals surface area (Å²) in [6.07, 6.45) is -0.108. The van der Waals surface area contributed by atoms with E-state index in [4.69, 9.17) is 4.74 Å². The van der Waals surface area contributed by atoms with Crippen molar-refractivity contribution in [1.82, 2.24) is 19.6 Å². The summed E-state index contributed by atoms with van der Waals surface area (Å²) in [6, 6.07) is 9.05. The van der Waals surface area contributed by atoms with Gasteiger partial charge in [-0.05, 0) is 49.3 Å². The summed E-state index contributed by atoms with van der Waals surface area (Å²) in [6.45, 7) is 3.23. The number of likely N-dealkylation sites (N-methyl/N-ethyl adjacent to an activating group) is 1. The molecule has 0 radical (unpaired) electrons. The molecule has 0 saturated carbocycles. The van der Waals surface area contributed by atoms with Gasteiger partial charge in [-0.25, -0.2) is 0 Å². The third-order valence-electron chi connectivity index (χ3n) is 7.28. The first kappa shape index (κ1) is 24.2. The molecule has 2 amide bonds. The zero-order valence-corrected chi connectivity index (χ0v) is 20.1. The van der Waals surface area contributed by atoms with Crippen LogP contribution in [-0.4, -0.2) is 87.1 Å². The van der Waals surface area contributed by atoms with E-state index in [1.54, 1.807) is 33.7 Å². The first-order valence-corrected chi connectivity index (χ1v) is 11.8. The number of hydrogen-bond acceptors (Lipinski definition) is 6. The highest BCUT2D eigenvalue weighted by Crippen LogP contribution is 2.38. The molecular formula is C25H34N4O5. The molecule has 2 aliphatic rings. The summed E-state index contributed by atoms with van der Waals surface area (Å²) in [4.78, 5) is 29.2. The van der Waals surface area contributed by atoms with E-state index < -0.39 is 17.6 Å². The minimum Gasteiger partial charge on any atom is -0.483 e. The number of ether oxygens (including phenoxy) is 1. The van der Waals surface area contributed by atoms with Crippen molar-refractivity contribution in [3.63, 3.8) is 0 Å². The topological polar surface area (TPSA) is 108 Å². The van der Waals surface area contributed by atoms with Gasteiger partial charge in [-0.15, -0.1) is 0 Å². The average molecular weight is 471 g/mol. The van der Waals surface area contributed by atoms with Crippen molar-refractivity contribution < 1.29 is 24.5 Å². The molecule has 0 bridgehead atoms. The summed E-state index contributed by atoms with van der Waals surface area (Å²) in [7, 11) is 3.55. The predicted octanol–water partition coefficient (Wildman–Crippen LogP) is 1.16. The van der Waals surface area contributed by atoms with Gasteiger partial charge in [0.25, 0.3) is 11.8 Å². The molecule has 3 heterocycles. The highest BCUT2D eigenvalue weighted by Gasteiger charge is 2.41. The Kier molecular flexibility index (Phi) is 6.95. The molecule has 184 valence electrons. The standard InChI is InChI=1S/C25H34N4O5/c1-17-12-19(26-28(17)3)24(33)29-10-8-25(9-11-29)14-21(31)20(30)13-18-6-4-5-7-22(18)34-15-23(32)27(2)16-25/h4-7,12,20-21,30-31H,8-11,13-16H2,1-3H3/t20-,21+/m0/s1. The summed E-state index contributed by atoms with van der Waals surface area (Å²) in [5.41, 5.74) is 1.68. The molecule has 1 aromatic heterocycles. The molecule has 1 saturated heterocycles. The van der Waals surface area contributed by atoms with E-state index in [2.05, 4.69) is 5.10 Å². The van der Waals surface area contributed by atoms with Crippen LogP contribution in [0.15, 0.2) is 30.3 Å². The fourth-order valence-corrected chi connectivity index (χ4v) is 5.03. The lowest BCUT2D eigenvalue weighted by atomic mass is 9.72. The van der Waals surface area contributed by atoms with Crippen LogP contribution >= 0.6 is 0 Å². The van der Waals surface area contributed by atoms with Crippen LogP contribution in [0.25, 0.3) is 0 Å². The van der Waals surface area contributed by atoms with E-state index in [9.17, 15) is 19.8 Å². The Labute approximate surface area is 199 Å². The van der Waals surface area contributed by atoms with Gasteiger partial charge in [-0.1, -0.05) is 18.2 Å². The van der Waals surface area contributed by atoms with Crippen molar-refractivity contribution in [1.29, 1.82) is 0 Å². The van der Waals surface area contributed by atoms with Crippen LogP contribution in [-0.2, 0) is 18.3 Å². The number of likely N-dealkylation sites (tertiary alicyclic amines) is 1. The predicted molar refractivity (Wildman–Crippen MR) is 125 cm³/mol. The molecule has 34 heavy (non-hydrogen) atoms. The fourth-order valence-electron chi connectivity index (χ4n) is 5.03. The zero-order valence-electron chi connectivity index (χ0n) is 20.1.